The van der Waals surface area contributed by atoms with Crippen LogP contribution in [0.2, 0.25) is 0 Å². The van der Waals surface area contributed by atoms with Crippen molar-refractivity contribution in [3.63, 3.8) is 0 Å². The highest BCUT2D eigenvalue weighted by atomic mass is 16.3. The molecule has 0 aliphatic heterocycles. The van der Waals surface area contributed by atoms with Crippen LogP contribution >= 0.6 is 0 Å². The maximum atomic E-state index is 6.55. The second kappa shape index (κ2) is 9.22. The summed E-state index contributed by atoms with van der Waals surface area (Å²) in [5.41, 5.74) is 11.6. The van der Waals surface area contributed by atoms with Crippen molar-refractivity contribution in [2.45, 2.75) is 0 Å². The molecule has 0 aliphatic carbocycles. The molecule has 3 nitrogen and oxygen atoms in total. The van der Waals surface area contributed by atoms with Gasteiger partial charge in [0.25, 0.3) is 0 Å². The Labute approximate surface area is 258 Å². The van der Waals surface area contributed by atoms with E-state index in [1.54, 1.807) is 0 Å². The molecule has 0 aliphatic rings. The summed E-state index contributed by atoms with van der Waals surface area (Å²) >= 11 is 0. The number of hydrogen-bond acceptors (Lipinski definition) is 2. The third kappa shape index (κ3) is 3.46. The predicted molar refractivity (Wildman–Crippen MR) is 186 cm³/mol. The van der Waals surface area contributed by atoms with E-state index in [0.717, 1.165) is 66.2 Å². The van der Waals surface area contributed by atoms with Gasteiger partial charge in [-0.25, -0.2) is 0 Å². The van der Waals surface area contributed by atoms with E-state index >= 15 is 0 Å². The van der Waals surface area contributed by atoms with Crippen LogP contribution < -0.4 is 0 Å². The summed E-state index contributed by atoms with van der Waals surface area (Å²) in [6.07, 6.45) is 0. The van der Waals surface area contributed by atoms with E-state index in [4.69, 9.17) is 8.83 Å². The van der Waals surface area contributed by atoms with Gasteiger partial charge in [0.05, 0.1) is 11.0 Å². The molecule has 0 amide bonds. The van der Waals surface area contributed by atoms with Gasteiger partial charge in [0.15, 0.2) is 5.58 Å². The molecule has 0 spiro atoms. The average Bonchev–Trinajstić information content (AvgIpc) is 3.78. The highest BCUT2D eigenvalue weighted by Crippen LogP contribution is 2.44. The first-order valence-corrected chi connectivity index (χ1v) is 15.3. The minimum atomic E-state index is 0.899. The minimum Gasteiger partial charge on any atom is -0.456 e. The van der Waals surface area contributed by atoms with E-state index in [9.17, 15) is 0 Å². The lowest BCUT2D eigenvalue weighted by atomic mass is 9.90. The summed E-state index contributed by atoms with van der Waals surface area (Å²) in [7, 11) is 0. The van der Waals surface area contributed by atoms with Gasteiger partial charge in [0.2, 0.25) is 0 Å². The maximum absolute atomic E-state index is 6.55. The van der Waals surface area contributed by atoms with Gasteiger partial charge in [-0.2, -0.15) is 0 Å². The van der Waals surface area contributed by atoms with E-state index in [1.165, 1.54) is 27.5 Å². The number of nitrogens with zero attached hydrogens (tertiary/aromatic N) is 1. The summed E-state index contributed by atoms with van der Waals surface area (Å²) in [5.74, 6) is 0. The van der Waals surface area contributed by atoms with Crippen LogP contribution in [0.1, 0.15) is 0 Å². The van der Waals surface area contributed by atoms with E-state index < -0.39 is 0 Å². The van der Waals surface area contributed by atoms with Crippen molar-refractivity contribution in [3.8, 4) is 27.9 Å². The number of rotatable bonds is 3. The average molecular weight is 576 g/mol. The van der Waals surface area contributed by atoms with E-state index in [-0.39, 0.29) is 0 Å². The third-order valence-corrected chi connectivity index (χ3v) is 9.22. The summed E-state index contributed by atoms with van der Waals surface area (Å²) in [6, 6.07) is 53.5. The second-order valence-electron chi connectivity index (χ2n) is 11.7. The Bertz CT molecular complexity index is 2740. The monoisotopic (exact) mass is 575 g/mol. The molecular weight excluding hydrogens is 550 g/mol. The first-order chi connectivity index (χ1) is 22.3. The Kier molecular flexibility index (Phi) is 5.00. The van der Waals surface area contributed by atoms with Crippen molar-refractivity contribution < 1.29 is 8.83 Å². The smallest absolute Gasteiger partial charge is 0.160 e. The van der Waals surface area contributed by atoms with Gasteiger partial charge < -0.3 is 13.4 Å². The molecule has 45 heavy (non-hydrogen) atoms. The fourth-order valence-corrected chi connectivity index (χ4v) is 7.25. The number of furan rings is 2. The summed E-state index contributed by atoms with van der Waals surface area (Å²) in [6.45, 7) is 0. The Morgan fingerprint density at radius 1 is 0.400 bits per heavy atom. The van der Waals surface area contributed by atoms with Crippen molar-refractivity contribution in [2.75, 3.05) is 0 Å². The Balaban J connectivity index is 1.22. The van der Waals surface area contributed by atoms with Crippen molar-refractivity contribution in [2.24, 2.45) is 0 Å². The molecule has 0 atom stereocenters. The normalized spacial score (nSPS) is 12.0. The largest absolute Gasteiger partial charge is 0.456 e. The number of para-hydroxylation sites is 3. The maximum Gasteiger partial charge on any atom is 0.160 e. The first kappa shape index (κ1) is 24.4. The fraction of sp³-hybridized carbons (Fsp3) is 0. The molecule has 0 unspecified atom stereocenters. The molecule has 0 bridgehead atoms. The summed E-state index contributed by atoms with van der Waals surface area (Å²) < 4.78 is 15.2. The lowest BCUT2D eigenvalue weighted by Gasteiger charge is -2.14. The second-order valence-corrected chi connectivity index (χ2v) is 11.7. The molecule has 0 saturated heterocycles. The quantitative estimate of drug-likeness (QED) is 0.210. The molecule has 7 aromatic carbocycles. The van der Waals surface area contributed by atoms with Crippen LogP contribution in [0.3, 0.4) is 0 Å². The van der Waals surface area contributed by atoms with Crippen molar-refractivity contribution in [1.82, 2.24) is 4.57 Å². The van der Waals surface area contributed by atoms with Crippen molar-refractivity contribution in [1.29, 1.82) is 0 Å². The lowest BCUT2D eigenvalue weighted by molar-refractivity contribution is 0.669. The van der Waals surface area contributed by atoms with E-state index in [2.05, 4.69) is 132 Å². The van der Waals surface area contributed by atoms with Crippen LogP contribution in [0.15, 0.2) is 160 Å². The van der Waals surface area contributed by atoms with Gasteiger partial charge in [-0.15, -0.1) is 0 Å². The molecular formula is C42H25NO2. The van der Waals surface area contributed by atoms with E-state index in [1.807, 2.05) is 24.3 Å². The number of fused-ring (bicyclic) bond motifs is 10. The van der Waals surface area contributed by atoms with Crippen LogP contribution in [0.4, 0.5) is 0 Å². The molecule has 3 heterocycles. The van der Waals surface area contributed by atoms with Gasteiger partial charge in [-0.1, -0.05) is 109 Å². The standard InChI is InChI=1S/C42H25NO2/c1-2-10-27(11-3-1)39-29(24-25-38-40(39)34-14-6-9-17-37(34)44-38)26-18-20-28(21-19-26)43-35-15-7-4-12-30(35)32-22-23-33-31-13-5-8-16-36(31)45-42(33)41(32)43/h1-25H. The molecule has 0 fully saturated rings. The molecule has 3 heteroatoms. The summed E-state index contributed by atoms with van der Waals surface area (Å²) in [5, 5.41) is 6.94. The van der Waals surface area contributed by atoms with Crippen molar-refractivity contribution in [3.05, 3.63) is 152 Å². The fourth-order valence-electron chi connectivity index (χ4n) is 7.25. The number of aromatic nitrogens is 1. The number of hydrogen-bond donors (Lipinski definition) is 0. The van der Waals surface area contributed by atoms with Gasteiger partial charge in [-0.3, -0.25) is 0 Å². The Morgan fingerprint density at radius 2 is 1.07 bits per heavy atom. The number of benzene rings is 7. The Hall–Kier alpha value is -6.06. The zero-order chi connectivity index (χ0) is 29.5. The van der Waals surface area contributed by atoms with Crippen LogP contribution in [0, 0.1) is 0 Å². The molecule has 0 saturated carbocycles. The molecule has 10 rings (SSSR count). The SMILES string of the molecule is c1ccc(-c2c(-c3ccc(-n4c5ccccc5c5ccc6c7ccccc7oc6c54)cc3)ccc3oc4ccccc4c23)cc1. The van der Waals surface area contributed by atoms with E-state index in [0.29, 0.717) is 0 Å². The molecule has 10 aromatic rings. The summed E-state index contributed by atoms with van der Waals surface area (Å²) in [4.78, 5) is 0. The molecule has 0 N–H and O–H groups in total. The van der Waals surface area contributed by atoms with Crippen LogP contribution in [-0.2, 0) is 0 Å². The lowest BCUT2D eigenvalue weighted by Crippen LogP contribution is -1.94. The Morgan fingerprint density at radius 3 is 1.89 bits per heavy atom. The molecule has 3 aromatic heterocycles. The molecule has 0 radical (unpaired) electrons. The van der Waals surface area contributed by atoms with Gasteiger partial charge >= 0.3 is 0 Å². The third-order valence-electron chi connectivity index (χ3n) is 9.22. The zero-order valence-electron chi connectivity index (χ0n) is 24.2. The van der Waals surface area contributed by atoms with Crippen molar-refractivity contribution >= 4 is 65.7 Å². The zero-order valence-corrected chi connectivity index (χ0v) is 24.2. The highest BCUT2D eigenvalue weighted by Gasteiger charge is 2.20. The highest BCUT2D eigenvalue weighted by molar-refractivity contribution is 6.21. The van der Waals surface area contributed by atoms with Crippen LogP contribution in [-0.4, -0.2) is 4.57 Å². The van der Waals surface area contributed by atoms with Gasteiger partial charge in [0.1, 0.15) is 16.7 Å². The topological polar surface area (TPSA) is 31.2 Å². The predicted octanol–water partition coefficient (Wildman–Crippen LogP) is 11.9. The molecule has 210 valence electrons. The van der Waals surface area contributed by atoms with Crippen LogP contribution in [0.5, 0.6) is 0 Å². The van der Waals surface area contributed by atoms with Gasteiger partial charge in [0, 0.05) is 43.6 Å². The van der Waals surface area contributed by atoms with Crippen LogP contribution in [0.25, 0.3) is 93.6 Å². The van der Waals surface area contributed by atoms with Gasteiger partial charge in [-0.05, 0) is 59.2 Å². The first-order valence-electron chi connectivity index (χ1n) is 15.3. The minimum absolute atomic E-state index is 0.899.